The van der Waals surface area contributed by atoms with Crippen LogP contribution >= 0.6 is 11.6 Å². The Labute approximate surface area is 197 Å². The molecular formula is C24H25ClN2O6. The van der Waals surface area contributed by atoms with E-state index in [1.807, 2.05) is 0 Å². The van der Waals surface area contributed by atoms with Gasteiger partial charge in [0.05, 0.1) is 18.9 Å². The summed E-state index contributed by atoms with van der Waals surface area (Å²) in [6.45, 7) is 2.43. The summed E-state index contributed by atoms with van der Waals surface area (Å²) in [4.78, 5) is 41.0. The van der Waals surface area contributed by atoms with Crippen molar-refractivity contribution in [2.45, 2.75) is 12.8 Å². The van der Waals surface area contributed by atoms with E-state index in [1.54, 1.807) is 52.3 Å². The highest BCUT2D eigenvalue weighted by atomic mass is 35.5. The summed E-state index contributed by atoms with van der Waals surface area (Å²) in [6, 6.07) is 11.8. The first-order valence-corrected chi connectivity index (χ1v) is 11.2. The van der Waals surface area contributed by atoms with Gasteiger partial charge in [-0.05, 0) is 42.8 Å². The van der Waals surface area contributed by atoms with Gasteiger partial charge in [0.1, 0.15) is 11.5 Å². The third-order valence-electron chi connectivity index (χ3n) is 5.53. The van der Waals surface area contributed by atoms with Gasteiger partial charge in [0, 0.05) is 36.6 Å². The number of carbonyl (C=O) groups is 3. The zero-order valence-corrected chi connectivity index (χ0v) is 18.9. The first-order valence-electron chi connectivity index (χ1n) is 10.9. The maximum atomic E-state index is 12.7. The smallest absolute Gasteiger partial charge is 0.265 e. The zero-order chi connectivity index (χ0) is 23.2. The molecule has 2 aliphatic rings. The minimum Gasteiger partial charge on any atom is -0.485 e. The number of nitrogens with zero attached hydrogens (tertiary/aromatic N) is 2. The predicted molar refractivity (Wildman–Crippen MR) is 122 cm³/mol. The van der Waals surface area contributed by atoms with Crippen molar-refractivity contribution in [1.29, 1.82) is 0 Å². The molecule has 2 aromatic rings. The lowest BCUT2D eigenvalue weighted by molar-refractivity contribution is -0.135. The van der Waals surface area contributed by atoms with Gasteiger partial charge in [0.25, 0.3) is 5.91 Å². The topological polar surface area (TPSA) is 85.4 Å². The molecule has 0 atom stereocenters. The van der Waals surface area contributed by atoms with E-state index in [-0.39, 0.29) is 30.8 Å². The van der Waals surface area contributed by atoms with Gasteiger partial charge < -0.3 is 24.0 Å². The molecule has 0 spiro atoms. The standard InChI is InChI=1S/C24H25ClN2O6/c25-18-3-1-4-19(14-18)32-15-21(28)17-6-7-22-20(13-17)27(24(30)16-33-22)8-2-5-23(29)26-9-11-31-12-10-26/h1,3-4,6-7,13-14H,2,5,8-12,15-16H2. The predicted octanol–water partition coefficient (Wildman–Crippen LogP) is 2.97. The van der Waals surface area contributed by atoms with Crippen LogP contribution in [0.1, 0.15) is 23.2 Å². The average Bonchev–Trinajstić information content (AvgIpc) is 2.84. The number of ketones is 1. The lowest BCUT2D eigenvalue weighted by Gasteiger charge is -2.30. The Morgan fingerprint density at radius 3 is 2.70 bits per heavy atom. The van der Waals surface area contributed by atoms with Crippen LogP contribution in [0.5, 0.6) is 11.5 Å². The molecule has 0 saturated carbocycles. The lowest BCUT2D eigenvalue weighted by atomic mass is 10.1. The summed E-state index contributed by atoms with van der Waals surface area (Å²) >= 11 is 5.95. The summed E-state index contributed by atoms with van der Waals surface area (Å²) in [5.41, 5.74) is 0.933. The Balaban J connectivity index is 1.39. The van der Waals surface area contributed by atoms with Crippen molar-refractivity contribution >= 4 is 34.9 Å². The maximum Gasteiger partial charge on any atom is 0.265 e. The molecule has 174 valence electrons. The fraction of sp³-hybridized carbons (Fsp3) is 0.375. The van der Waals surface area contributed by atoms with Crippen LogP contribution in [0.2, 0.25) is 5.02 Å². The van der Waals surface area contributed by atoms with Crippen molar-refractivity contribution in [3.8, 4) is 11.5 Å². The average molecular weight is 473 g/mol. The molecule has 1 saturated heterocycles. The second-order valence-electron chi connectivity index (χ2n) is 7.78. The molecule has 0 bridgehead atoms. The number of carbonyl (C=O) groups excluding carboxylic acids is 3. The number of benzene rings is 2. The maximum absolute atomic E-state index is 12.7. The van der Waals surface area contributed by atoms with Crippen molar-refractivity contribution in [2.75, 3.05) is 51.0 Å². The Kier molecular flexibility index (Phi) is 7.47. The van der Waals surface area contributed by atoms with E-state index >= 15 is 0 Å². The Morgan fingerprint density at radius 2 is 1.91 bits per heavy atom. The molecule has 0 N–H and O–H groups in total. The molecule has 33 heavy (non-hydrogen) atoms. The minimum atomic E-state index is -0.238. The second kappa shape index (κ2) is 10.7. The van der Waals surface area contributed by atoms with Crippen molar-refractivity contribution in [3.05, 3.63) is 53.1 Å². The van der Waals surface area contributed by atoms with Gasteiger partial charge in [0.15, 0.2) is 19.0 Å². The molecule has 2 aliphatic heterocycles. The van der Waals surface area contributed by atoms with E-state index < -0.39 is 0 Å². The van der Waals surface area contributed by atoms with Crippen LogP contribution in [0.15, 0.2) is 42.5 Å². The molecular weight excluding hydrogens is 448 g/mol. The second-order valence-corrected chi connectivity index (χ2v) is 8.22. The van der Waals surface area contributed by atoms with E-state index in [2.05, 4.69) is 0 Å². The molecule has 0 aliphatic carbocycles. The highest BCUT2D eigenvalue weighted by Gasteiger charge is 2.27. The third kappa shape index (κ3) is 5.83. The third-order valence-corrected chi connectivity index (χ3v) is 5.76. The van der Waals surface area contributed by atoms with E-state index in [0.29, 0.717) is 73.5 Å². The highest BCUT2D eigenvalue weighted by Crippen LogP contribution is 2.33. The first kappa shape index (κ1) is 23.1. The van der Waals surface area contributed by atoms with Crippen LogP contribution in [0.3, 0.4) is 0 Å². The van der Waals surface area contributed by atoms with E-state index in [9.17, 15) is 14.4 Å². The number of Topliss-reactive ketones (excluding diaryl/α,β-unsaturated/α-hetero) is 1. The first-order chi connectivity index (χ1) is 16.0. The Morgan fingerprint density at radius 1 is 1.09 bits per heavy atom. The van der Waals surface area contributed by atoms with Crippen LogP contribution in [-0.4, -0.2) is 68.6 Å². The van der Waals surface area contributed by atoms with Crippen molar-refractivity contribution in [1.82, 2.24) is 4.90 Å². The number of fused-ring (bicyclic) bond motifs is 1. The van der Waals surface area contributed by atoms with Crippen LogP contribution in [0, 0.1) is 0 Å². The summed E-state index contributed by atoms with van der Waals surface area (Å²) in [6.07, 6.45) is 0.851. The van der Waals surface area contributed by atoms with Crippen LogP contribution in [0.25, 0.3) is 0 Å². The van der Waals surface area contributed by atoms with Gasteiger partial charge in [-0.15, -0.1) is 0 Å². The summed E-state index contributed by atoms with van der Waals surface area (Å²) in [5, 5.41) is 0.520. The van der Waals surface area contributed by atoms with Crippen LogP contribution in [0.4, 0.5) is 5.69 Å². The van der Waals surface area contributed by atoms with Crippen LogP contribution < -0.4 is 14.4 Å². The van der Waals surface area contributed by atoms with E-state index in [4.69, 9.17) is 25.8 Å². The van der Waals surface area contributed by atoms with Crippen molar-refractivity contribution < 1.29 is 28.6 Å². The molecule has 2 amide bonds. The number of morpholine rings is 1. The quantitative estimate of drug-likeness (QED) is 0.549. The van der Waals surface area contributed by atoms with Gasteiger partial charge >= 0.3 is 0 Å². The molecule has 0 unspecified atom stereocenters. The Hall–Kier alpha value is -3.10. The highest BCUT2D eigenvalue weighted by molar-refractivity contribution is 6.30. The number of hydrogen-bond acceptors (Lipinski definition) is 6. The normalized spacial score (nSPS) is 15.6. The summed E-state index contributed by atoms with van der Waals surface area (Å²) in [5.74, 6) is 0.640. The molecule has 8 nitrogen and oxygen atoms in total. The lowest BCUT2D eigenvalue weighted by Crippen LogP contribution is -2.42. The molecule has 4 rings (SSSR count). The van der Waals surface area contributed by atoms with Gasteiger partial charge in [-0.1, -0.05) is 17.7 Å². The fourth-order valence-electron chi connectivity index (χ4n) is 3.77. The fourth-order valence-corrected chi connectivity index (χ4v) is 3.95. The van der Waals surface area contributed by atoms with Gasteiger partial charge in [0.2, 0.25) is 5.91 Å². The van der Waals surface area contributed by atoms with Gasteiger partial charge in [-0.25, -0.2) is 0 Å². The molecule has 9 heteroatoms. The minimum absolute atomic E-state index is 0.0568. The number of halogens is 1. The molecule has 1 fully saturated rings. The van der Waals surface area contributed by atoms with Crippen molar-refractivity contribution in [3.63, 3.8) is 0 Å². The monoisotopic (exact) mass is 472 g/mol. The zero-order valence-electron chi connectivity index (χ0n) is 18.1. The molecule has 2 heterocycles. The molecule has 2 aromatic carbocycles. The Bertz CT molecular complexity index is 1040. The van der Waals surface area contributed by atoms with Crippen molar-refractivity contribution in [2.24, 2.45) is 0 Å². The summed E-state index contributed by atoms with van der Waals surface area (Å²) < 4.78 is 16.4. The number of hydrogen-bond donors (Lipinski definition) is 0. The number of anilines is 1. The largest absolute Gasteiger partial charge is 0.485 e. The number of rotatable bonds is 8. The summed E-state index contributed by atoms with van der Waals surface area (Å²) in [7, 11) is 0. The van der Waals surface area contributed by atoms with Gasteiger partial charge in [-0.2, -0.15) is 0 Å². The van der Waals surface area contributed by atoms with Crippen LogP contribution in [-0.2, 0) is 14.3 Å². The van der Waals surface area contributed by atoms with E-state index in [0.717, 1.165) is 0 Å². The van der Waals surface area contributed by atoms with Gasteiger partial charge in [-0.3, -0.25) is 14.4 Å². The SMILES string of the molecule is O=C(COc1cccc(Cl)c1)c1ccc2c(c1)N(CCCC(=O)N1CCOCC1)C(=O)CO2. The molecule has 0 radical (unpaired) electrons. The number of ether oxygens (including phenoxy) is 3. The number of amides is 2. The van der Waals surface area contributed by atoms with E-state index in [1.165, 1.54) is 0 Å². The molecule has 0 aromatic heterocycles.